The Hall–Kier alpha value is -7.11. The van der Waals surface area contributed by atoms with E-state index >= 15 is 0 Å². The van der Waals surface area contributed by atoms with Crippen molar-refractivity contribution in [1.82, 2.24) is 4.98 Å². The number of para-hydroxylation sites is 3. The highest BCUT2D eigenvalue weighted by Gasteiger charge is 2.21. The van der Waals surface area contributed by atoms with Crippen LogP contribution in [0.5, 0.6) is 0 Å². The van der Waals surface area contributed by atoms with Crippen LogP contribution in [0.4, 0.5) is 17.1 Å². The fourth-order valence-electron chi connectivity index (χ4n) is 7.60. The molecule has 5 heteroatoms. The van der Waals surface area contributed by atoms with Crippen molar-refractivity contribution in [3.8, 4) is 22.6 Å². The molecule has 0 fully saturated rings. The molecule has 0 bridgehead atoms. The summed E-state index contributed by atoms with van der Waals surface area (Å²) < 4.78 is 19.1. The molecule has 11 rings (SSSR count). The molecule has 0 aliphatic heterocycles. The number of furan rings is 2. The number of hydrogen-bond donors (Lipinski definition) is 0. The Kier molecular flexibility index (Phi) is 6.18. The number of hydrogen-bond acceptors (Lipinski definition) is 5. The number of anilines is 3. The zero-order valence-electron chi connectivity index (χ0n) is 27.8. The van der Waals surface area contributed by atoms with Crippen molar-refractivity contribution in [2.24, 2.45) is 0 Å². The molecule has 0 aliphatic carbocycles. The van der Waals surface area contributed by atoms with Crippen LogP contribution in [-0.4, -0.2) is 4.98 Å². The first-order chi connectivity index (χ1) is 25.7. The van der Waals surface area contributed by atoms with Gasteiger partial charge in [-0.15, -0.1) is 0 Å². The normalized spacial score (nSPS) is 11.8. The Morgan fingerprint density at radius 2 is 1.08 bits per heavy atom. The lowest BCUT2D eigenvalue weighted by molar-refractivity contribution is 0.620. The van der Waals surface area contributed by atoms with Crippen molar-refractivity contribution >= 4 is 82.8 Å². The predicted octanol–water partition coefficient (Wildman–Crippen LogP) is 13.6. The Labute approximate surface area is 297 Å². The number of fused-ring (bicyclic) bond motifs is 8. The van der Waals surface area contributed by atoms with Gasteiger partial charge in [0.1, 0.15) is 27.8 Å². The summed E-state index contributed by atoms with van der Waals surface area (Å²) in [4.78, 5) is 7.14. The van der Waals surface area contributed by atoms with Crippen molar-refractivity contribution in [2.75, 3.05) is 4.90 Å². The van der Waals surface area contributed by atoms with Gasteiger partial charge in [0.25, 0.3) is 0 Å². The molecular weight excluding hydrogens is 641 g/mol. The maximum absolute atomic E-state index is 6.44. The fourth-order valence-corrected chi connectivity index (χ4v) is 7.60. The second kappa shape index (κ2) is 11.2. The van der Waals surface area contributed by atoms with E-state index in [9.17, 15) is 0 Å². The van der Waals surface area contributed by atoms with Crippen LogP contribution in [0.25, 0.3) is 88.3 Å². The van der Waals surface area contributed by atoms with Crippen molar-refractivity contribution in [1.29, 1.82) is 0 Å². The lowest BCUT2D eigenvalue weighted by atomic mass is 10.0. The zero-order chi connectivity index (χ0) is 34.2. The molecule has 0 N–H and O–H groups in total. The Bertz CT molecular complexity index is 3120. The maximum Gasteiger partial charge on any atom is 0.228 e. The SMILES string of the molecule is c1ccc(-c2ccc3ccc(N(c4ccc5c(c4)oc4ccccc45)c4ccc5oc6cccc(-c7nc8ccccc8o7)c6c5c4)cc3c2)cc1. The quantitative estimate of drug-likeness (QED) is 0.183. The summed E-state index contributed by atoms with van der Waals surface area (Å²) in [6.45, 7) is 0. The number of oxazole rings is 1. The smallest absolute Gasteiger partial charge is 0.228 e. The summed E-state index contributed by atoms with van der Waals surface area (Å²) in [7, 11) is 0. The monoisotopic (exact) mass is 668 g/mol. The highest BCUT2D eigenvalue weighted by Crippen LogP contribution is 2.43. The molecule has 0 unspecified atom stereocenters. The second-order valence-electron chi connectivity index (χ2n) is 13.2. The van der Waals surface area contributed by atoms with Gasteiger partial charge in [-0.25, -0.2) is 4.98 Å². The minimum absolute atomic E-state index is 0.566. The summed E-state index contributed by atoms with van der Waals surface area (Å²) >= 11 is 0. The van der Waals surface area contributed by atoms with E-state index < -0.39 is 0 Å². The lowest BCUT2D eigenvalue weighted by Crippen LogP contribution is -2.09. The fraction of sp³-hybridized carbons (Fsp3) is 0. The summed E-state index contributed by atoms with van der Waals surface area (Å²) in [6, 6.07) is 58.8. The molecule has 0 atom stereocenters. The number of nitrogens with zero attached hydrogens (tertiary/aromatic N) is 2. The number of benzene rings is 8. The molecular formula is C47H28N2O3. The third-order valence-electron chi connectivity index (χ3n) is 10.1. The first-order valence-corrected chi connectivity index (χ1v) is 17.4. The van der Waals surface area contributed by atoms with Gasteiger partial charge < -0.3 is 18.2 Å². The van der Waals surface area contributed by atoms with Crippen LogP contribution in [-0.2, 0) is 0 Å². The molecule has 0 amide bonds. The summed E-state index contributed by atoms with van der Waals surface area (Å²) in [5.41, 5.74) is 11.1. The van der Waals surface area contributed by atoms with E-state index in [1.165, 1.54) is 16.5 Å². The molecule has 0 saturated carbocycles. The van der Waals surface area contributed by atoms with Crippen LogP contribution in [0.3, 0.4) is 0 Å². The molecule has 0 aliphatic rings. The van der Waals surface area contributed by atoms with Gasteiger partial charge in [0.2, 0.25) is 5.89 Å². The van der Waals surface area contributed by atoms with Gasteiger partial charge in [0.15, 0.2) is 5.58 Å². The van der Waals surface area contributed by atoms with Gasteiger partial charge in [0.05, 0.1) is 0 Å². The van der Waals surface area contributed by atoms with E-state index in [2.05, 4.69) is 126 Å². The van der Waals surface area contributed by atoms with Gasteiger partial charge in [-0.2, -0.15) is 0 Å². The standard InChI is InChI=1S/C47H28N2O3/c1-2-9-29(10-3-1)31-18-17-30-19-20-33(26-32(30)25-31)49(35-21-23-37-36-11-4-6-14-41(36)51-45(37)28-35)34-22-24-42-39(27-34)46-38(12-8-16-44(46)50-42)47-48-40-13-5-7-15-43(40)52-47/h1-28H. The first-order valence-electron chi connectivity index (χ1n) is 17.4. The highest BCUT2D eigenvalue weighted by molar-refractivity contribution is 6.13. The predicted molar refractivity (Wildman–Crippen MR) is 212 cm³/mol. The third kappa shape index (κ3) is 4.53. The average Bonchev–Trinajstić information content (AvgIpc) is 3.91. The van der Waals surface area contributed by atoms with Crippen LogP contribution < -0.4 is 4.90 Å². The van der Waals surface area contributed by atoms with Crippen LogP contribution in [0, 0.1) is 0 Å². The highest BCUT2D eigenvalue weighted by atomic mass is 16.4. The molecule has 0 spiro atoms. The van der Waals surface area contributed by atoms with E-state index in [1.807, 2.05) is 48.5 Å². The van der Waals surface area contributed by atoms with Gasteiger partial charge in [-0.05, 0) is 101 Å². The van der Waals surface area contributed by atoms with Crippen molar-refractivity contribution in [2.45, 2.75) is 0 Å². The molecule has 8 aromatic carbocycles. The largest absolute Gasteiger partial charge is 0.456 e. The van der Waals surface area contributed by atoms with Crippen molar-refractivity contribution < 1.29 is 13.3 Å². The molecule has 244 valence electrons. The van der Waals surface area contributed by atoms with Gasteiger partial charge >= 0.3 is 0 Å². The molecule has 0 saturated heterocycles. The van der Waals surface area contributed by atoms with Crippen molar-refractivity contribution in [3.05, 3.63) is 170 Å². The molecule has 3 heterocycles. The second-order valence-corrected chi connectivity index (χ2v) is 13.2. The number of aromatic nitrogens is 1. The van der Waals surface area contributed by atoms with Crippen LogP contribution in [0.1, 0.15) is 0 Å². The van der Waals surface area contributed by atoms with E-state index in [0.717, 1.165) is 83.0 Å². The Morgan fingerprint density at radius 1 is 0.385 bits per heavy atom. The Balaban J connectivity index is 1.13. The lowest BCUT2D eigenvalue weighted by Gasteiger charge is -2.26. The topological polar surface area (TPSA) is 55.6 Å². The van der Waals surface area contributed by atoms with E-state index in [4.69, 9.17) is 18.2 Å². The van der Waals surface area contributed by atoms with Gasteiger partial charge in [0, 0.05) is 50.2 Å². The average molecular weight is 669 g/mol. The van der Waals surface area contributed by atoms with Crippen LogP contribution in [0.15, 0.2) is 183 Å². The van der Waals surface area contributed by atoms with E-state index in [-0.39, 0.29) is 0 Å². The molecule has 52 heavy (non-hydrogen) atoms. The first kappa shape index (κ1) is 28.7. The van der Waals surface area contributed by atoms with Crippen LogP contribution in [0.2, 0.25) is 0 Å². The third-order valence-corrected chi connectivity index (χ3v) is 10.1. The molecule has 11 aromatic rings. The molecule has 3 aromatic heterocycles. The summed E-state index contributed by atoms with van der Waals surface area (Å²) in [6.07, 6.45) is 0. The minimum Gasteiger partial charge on any atom is -0.456 e. The van der Waals surface area contributed by atoms with Gasteiger partial charge in [-0.3, -0.25) is 0 Å². The number of rotatable bonds is 5. The van der Waals surface area contributed by atoms with E-state index in [0.29, 0.717) is 5.89 Å². The maximum atomic E-state index is 6.44. The van der Waals surface area contributed by atoms with E-state index in [1.54, 1.807) is 0 Å². The van der Waals surface area contributed by atoms with Crippen LogP contribution >= 0.6 is 0 Å². The minimum atomic E-state index is 0.566. The summed E-state index contributed by atoms with van der Waals surface area (Å²) in [5, 5.41) is 6.46. The van der Waals surface area contributed by atoms with Gasteiger partial charge in [-0.1, -0.05) is 84.9 Å². The molecule has 0 radical (unpaired) electrons. The molecule has 5 nitrogen and oxygen atoms in total. The zero-order valence-corrected chi connectivity index (χ0v) is 27.8. The summed E-state index contributed by atoms with van der Waals surface area (Å²) in [5.74, 6) is 0.566. The Morgan fingerprint density at radius 3 is 2.00 bits per heavy atom. The van der Waals surface area contributed by atoms with Crippen molar-refractivity contribution in [3.63, 3.8) is 0 Å².